The van der Waals surface area contributed by atoms with Crippen LogP contribution in [0.3, 0.4) is 0 Å². The summed E-state index contributed by atoms with van der Waals surface area (Å²) in [5, 5.41) is 18.3. The van der Waals surface area contributed by atoms with Gasteiger partial charge in [0.25, 0.3) is 0 Å². The fourth-order valence-electron chi connectivity index (χ4n) is 1.91. The molecule has 2 aromatic heterocycles. The van der Waals surface area contributed by atoms with Gasteiger partial charge < -0.3 is 10.2 Å². The van der Waals surface area contributed by atoms with Crippen molar-refractivity contribution in [3.05, 3.63) is 24.4 Å². The smallest absolute Gasteiger partial charge is 0.167 e. The van der Waals surface area contributed by atoms with E-state index in [4.69, 9.17) is 5.11 Å². The van der Waals surface area contributed by atoms with E-state index < -0.39 is 6.10 Å². The minimum Gasteiger partial charge on any atom is -0.394 e. The Balaban J connectivity index is 1.89. The van der Waals surface area contributed by atoms with E-state index in [1.807, 2.05) is 10.8 Å². The number of aliphatic hydroxyl groups is 2. The molecule has 6 heteroatoms. The summed E-state index contributed by atoms with van der Waals surface area (Å²) in [5.74, 6) is 0.0688. The molecule has 0 aromatic carbocycles. The van der Waals surface area contributed by atoms with Crippen LogP contribution >= 0.6 is 0 Å². The molecule has 1 aliphatic carbocycles. The van der Waals surface area contributed by atoms with E-state index in [2.05, 4.69) is 15.0 Å². The van der Waals surface area contributed by atoms with Gasteiger partial charge in [0.1, 0.15) is 18.2 Å². The monoisotopic (exact) mass is 232 g/mol. The minimum absolute atomic E-state index is 0.0688. The Morgan fingerprint density at radius 2 is 2.41 bits per heavy atom. The van der Waals surface area contributed by atoms with Gasteiger partial charge in [-0.05, 0) is 12.0 Å². The van der Waals surface area contributed by atoms with Gasteiger partial charge in [-0.2, -0.15) is 0 Å². The summed E-state index contributed by atoms with van der Waals surface area (Å²) in [7, 11) is 0. The first-order chi connectivity index (χ1) is 8.29. The van der Waals surface area contributed by atoms with Crippen LogP contribution in [0.1, 0.15) is 6.42 Å². The van der Waals surface area contributed by atoms with Gasteiger partial charge >= 0.3 is 0 Å². The lowest BCUT2D eigenvalue weighted by atomic mass is 10.2. The summed E-state index contributed by atoms with van der Waals surface area (Å²) in [5.41, 5.74) is 2.59. The first kappa shape index (κ1) is 10.4. The first-order valence-electron chi connectivity index (χ1n) is 5.41. The van der Waals surface area contributed by atoms with E-state index in [1.165, 1.54) is 6.33 Å². The van der Waals surface area contributed by atoms with E-state index in [1.54, 1.807) is 12.5 Å². The number of hydrogen-bond donors (Lipinski definition) is 2. The summed E-state index contributed by atoms with van der Waals surface area (Å²) in [6.07, 6.45) is 6.87. The Kier molecular flexibility index (Phi) is 2.38. The van der Waals surface area contributed by atoms with Crippen LogP contribution in [0.4, 0.5) is 0 Å². The van der Waals surface area contributed by atoms with Crippen molar-refractivity contribution in [2.45, 2.75) is 12.5 Å². The zero-order valence-electron chi connectivity index (χ0n) is 9.06. The van der Waals surface area contributed by atoms with Crippen molar-refractivity contribution in [2.75, 3.05) is 6.61 Å². The molecule has 17 heavy (non-hydrogen) atoms. The van der Waals surface area contributed by atoms with Crippen LogP contribution in [0.15, 0.2) is 24.4 Å². The molecule has 2 heterocycles. The maximum Gasteiger partial charge on any atom is 0.167 e. The lowest BCUT2D eigenvalue weighted by Gasteiger charge is -2.01. The molecule has 0 amide bonds. The molecule has 2 atom stereocenters. The lowest BCUT2D eigenvalue weighted by molar-refractivity contribution is 0.0815. The second-order valence-corrected chi connectivity index (χ2v) is 4.15. The predicted octanol–water partition coefficient (Wildman–Crippen LogP) is 0.0403. The molecule has 0 bridgehead atoms. The predicted molar refractivity (Wildman–Crippen MR) is 60.8 cm³/mol. The van der Waals surface area contributed by atoms with Crippen molar-refractivity contribution in [2.24, 2.45) is 5.92 Å². The average Bonchev–Trinajstić information content (AvgIpc) is 3.02. The van der Waals surface area contributed by atoms with E-state index >= 15 is 0 Å². The highest BCUT2D eigenvalue weighted by Gasteiger charge is 2.36. The zero-order chi connectivity index (χ0) is 11.8. The molecule has 1 aliphatic rings. The molecule has 0 aliphatic heterocycles. The van der Waals surface area contributed by atoms with Gasteiger partial charge in [0, 0.05) is 12.1 Å². The van der Waals surface area contributed by atoms with Crippen molar-refractivity contribution >= 4 is 17.4 Å². The summed E-state index contributed by atoms with van der Waals surface area (Å²) >= 11 is 0. The number of rotatable bonds is 3. The summed E-state index contributed by atoms with van der Waals surface area (Å²) < 4.78 is 1.82. The van der Waals surface area contributed by atoms with Gasteiger partial charge in [-0.1, -0.05) is 0 Å². The van der Waals surface area contributed by atoms with Gasteiger partial charge in [-0.15, -0.1) is 0 Å². The van der Waals surface area contributed by atoms with Gasteiger partial charge in [0.05, 0.1) is 18.9 Å². The molecule has 2 N–H and O–H groups in total. The van der Waals surface area contributed by atoms with Crippen molar-refractivity contribution in [3.63, 3.8) is 0 Å². The van der Waals surface area contributed by atoms with Crippen molar-refractivity contribution in [3.8, 4) is 0 Å². The molecular weight excluding hydrogens is 220 g/mol. The number of fused-ring (bicyclic) bond motifs is 1. The van der Waals surface area contributed by atoms with E-state index in [-0.39, 0.29) is 12.5 Å². The Hall–Kier alpha value is -1.79. The molecule has 2 aromatic rings. The fourth-order valence-corrected chi connectivity index (χ4v) is 1.91. The highest BCUT2D eigenvalue weighted by molar-refractivity contribution is 5.72. The average molecular weight is 232 g/mol. The van der Waals surface area contributed by atoms with Crippen molar-refractivity contribution in [1.82, 2.24) is 19.5 Å². The number of imidazole rings is 1. The summed E-state index contributed by atoms with van der Waals surface area (Å²) in [6, 6.07) is 0. The van der Waals surface area contributed by atoms with E-state index in [9.17, 15) is 5.11 Å². The van der Waals surface area contributed by atoms with Gasteiger partial charge in [0.2, 0.25) is 0 Å². The topological polar surface area (TPSA) is 84.1 Å². The molecule has 3 rings (SSSR count). The quantitative estimate of drug-likeness (QED) is 0.780. The summed E-state index contributed by atoms with van der Waals surface area (Å²) in [4.78, 5) is 12.2. The third-order valence-corrected chi connectivity index (χ3v) is 2.97. The highest BCUT2D eigenvalue weighted by atomic mass is 16.3. The molecule has 1 saturated carbocycles. The van der Waals surface area contributed by atoms with Gasteiger partial charge in [-0.25, -0.2) is 15.0 Å². The molecule has 1 fully saturated rings. The van der Waals surface area contributed by atoms with Crippen molar-refractivity contribution < 1.29 is 10.2 Å². The van der Waals surface area contributed by atoms with Crippen LogP contribution < -0.4 is 0 Å². The Bertz CT molecular complexity index is 578. The van der Waals surface area contributed by atoms with Crippen molar-refractivity contribution in [1.29, 1.82) is 0 Å². The maximum absolute atomic E-state index is 9.47. The molecule has 6 nitrogen and oxygen atoms in total. The first-order valence-corrected chi connectivity index (χ1v) is 5.41. The van der Waals surface area contributed by atoms with Gasteiger partial charge in [0.15, 0.2) is 5.65 Å². The Morgan fingerprint density at radius 3 is 3.24 bits per heavy atom. The van der Waals surface area contributed by atoms with Gasteiger partial charge in [-0.3, -0.25) is 4.57 Å². The third kappa shape index (κ3) is 1.81. The van der Waals surface area contributed by atoms with Crippen LogP contribution in [0.5, 0.6) is 0 Å². The van der Waals surface area contributed by atoms with Crippen LogP contribution in [0.2, 0.25) is 0 Å². The number of hydrogen-bond acceptors (Lipinski definition) is 5. The lowest BCUT2D eigenvalue weighted by Crippen LogP contribution is -2.14. The number of aliphatic hydroxyl groups excluding tert-OH is 2. The minimum atomic E-state index is -0.661. The number of aromatic nitrogens is 4. The molecular formula is C11H12N4O2. The fraction of sp³-hybridized carbons (Fsp3) is 0.364. The second kappa shape index (κ2) is 3.90. The molecule has 0 spiro atoms. The highest BCUT2D eigenvalue weighted by Crippen LogP contribution is 2.41. The van der Waals surface area contributed by atoms with E-state index in [0.717, 1.165) is 23.2 Å². The summed E-state index contributed by atoms with van der Waals surface area (Å²) in [6.45, 7) is -0.200. The molecule has 88 valence electrons. The third-order valence-electron chi connectivity index (χ3n) is 2.97. The van der Waals surface area contributed by atoms with Crippen LogP contribution in [0.25, 0.3) is 17.4 Å². The molecule has 0 radical (unpaired) electrons. The molecule has 0 saturated heterocycles. The number of nitrogens with zero attached hydrogens (tertiary/aromatic N) is 4. The molecule has 0 unspecified atom stereocenters. The SMILES string of the molecule is OC[C@@H](O)[C@H]1C/C1=C/n1cnc2cncnc21. The maximum atomic E-state index is 9.47. The van der Waals surface area contributed by atoms with E-state index in [0.29, 0.717) is 0 Å². The largest absolute Gasteiger partial charge is 0.394 e. The second-order valence-electron chi connectivity index (χ2n) is 4.15. The Labute approximate surface area is 97.3 Å². The Morgan fingerprint density at radius 1 is 1.53 bits per heavy atom. The zero-order valence-corrected chi connectivity index (χ0v) is 9.06. The van der Waals surface area contributed by atoms with Crippen LogP contribution in [0, 0.1) is 5.92 Å². The normalized spacial score (nSPS) is 23.2. The van der Waals surface area contributed by atoms with Crippen LogP contribution in [-0.4, -0.2) is 42.4 Å². The van der Waals surface area contributed by atoms with Crippen LogP contribution in [-0.2, 0) is 0 Å². The standard InChI is InChI=1S/C11H12N4O2/c16-4-10(17)8-1-7(8)3-15-6-14-9-2-12-5-13-11(9)15/h2-3,5-6,8,10,16-17H,1,4H2/b7-3-/t8-,10+/m0/s1.